The summed E-state index contributed by atoms with van der Waals surface area (Å²) in [6.45, 7) is 6.07. The minimum atomic E-state index is -0.464. The molecule has 1 aliphatic heterocycles. The van der Waals surface area contributed by atoms with Gasteiger partial charge in [0.05, 0.1) is 5.69 Å². The Morgan fingerprint density at radius 1 is 1.15 bits per heavy atom. The lowest BCUT2D eigenvalue weighted by atomic mass is 10.1. The van der Waals surface area contributed by atoms with Crippen LogP contribution in [0.15, 0.2) is 47.5 Å². The van der Waals surface area contributed by atoms with Crippen LogP contribution in [-0.2, 0) is 9.59 Å². The van der Waals surface area contributed by atoms with E-state index < -0.39 is 5.25 Å². The largest absolute Gasteiger partial charge is 0.315 e. The Bertz CT molecular complexity index is 886. The summed E-state index contributed by atoms with van der Waals surface area (Å²) in [5, 5.41) is 2.90. The lowest BCUT2D eigenvalue weighted by Gasteiger charge is -2.18. The highest BCUT2D eigenvalue weighted by Crippen LogP contribution is 2.30. The number of aliphatic imine (C=N–C) groups is 1. The summed E-state index contributed by atoms with van der Waals surface area (Å²) < 4.78 is 0. The minimum absolute atomic E-state index is 0.0993. The molecule has 5 nitrogen and oxygen atoms in total. The van der Waals surface area contributed by atoms with Crippen molar-refractivity contribution >= 4 is 40.1 Å². The fraction of sp³-hybridized carbons (Fsp3) is 0.286. The van der Waals surface area contributed by atoms with Gasteiger partial charge in [-0.1, -0.05) is 47.7 Å². The first-order valence-corrected chi connectivity index (χ1v) is 9.69. The van der Waals surface area contributed by atoms with Gasteiger partial charge in [0.15, 0.2) is 5.17 Å². The average Bonchev–Trinajstić information content (AvgIpc) is 2.97. The molecule has 6 heteroatoms. The van der Waals surface area contributed by atoms with Crippen LogP contribution in [0.5, 0.6) is 0 Å². The Kier molecular flexibility index (Phi) is 5.65. The third-order valence-electron chi connectivity index (χ3n) is 4.50. The second-order valence-corrected chi connectivity index (χ2v) is 7.94. The first kappa shape index (κ1) is 19.2. The summed E-state index contributed by atoms with van der Waals surface area (Å²) in [7, 11) is 1.73. The van der Waals surface area contributed by atoms with E-state index in [9.17, 15) is 9.59 Å². The van der Waals surface area contributed by atoms with E-state index in [0.717, 1.165) is 22.5 Å². The van der Waals surface area contributed by atoms with Gasteiger partial charge < -0.3 is 10.2 Å². The van der Waals surface area contributed by atoms with E-state index >= 15 is 0 Å². The molecule has 0 saturated carbocycles. The highest BCUT2D eigenvalue weighted by atomic mass is 32.2. The quantitative estimate of drug-likeness (QED) is 0.874. The minimum Gasteiger partial charge on any atom is -0.315 e. The average molecular weight is 382 g/mol. The third-order valence-corrected chi connectivity index (χ3v) is 5.58. The number of carbonyl (C=O) groups excluding carboxylic acids is 2. The van der Waals surface area contributed by atoms with E-state index in [0.29, 0.717) is 5.17 Å². The van der Waals surface area contributed by atoms with Crippen molar-refractivity contribution in [3.63, 3.8) is 0 Å². The van der Waals surface area contributed by atoms with Crippen molar-refractivity contribution in [3.8, 4) is 0 Å². The van der Waals surface area contributed by atoms with Crippen LogP contribution in [0.2, 0.25) is 0 Å². The van der Waals surface area contributed by atoms with Crippen LogP contribution >= 0.6 is 11.8 Å². The number of thioether (sulfide) groups is 1. The van der Waals surface area contributed by atoms with Crippen molar-refractivity contribution in [1.29, 1.82) is 0 Å². The molecule has 0 aliphatic carbocycles. The highest BCUT2D eigenvalue weighted by Gasteiger charge is 2.33. The molecular formula is C21H23N3O2S. The monoisotopic (exact) mass is 381 g/mol. The molecule has 27 heavy (non-hydrogen) atoms. The Balaban J connectivity index is 1.72. The van der Waals surface area contributed by atoms with E-state index in [1.165, 1.54) is 17.3 Å². The molecule has 1 unspecified atom stereocenters. The first-order chi connectivity index (χ1) is 12.8. The van der Waals surface area contributed by atoms with Gasteiger partial charge in [0.25, 0.3) is 0 Å². The summed E-state index contributed by atoms with van der Waals surface area (Å²) in [5.41, 5.74) is 5.00. The van der Waals surface area contributed by atoms with Crippen LogP contribution in [-0.4, -0.2) is 29.3 Å². The highest BCUT2D eigenvalue weighted by molar-refractivity contribution is 8.15. The molecular weight excluding hydrogens is 358 g/mol. The number of para-hydroxylation sites is 1. The van der Waals surface area contributed by atoms with Gasteiger partial charge in [-0.15, -0.1) is 0 Å². The summed E-state index contributed by atoms with van der Waals surface area (Å²) in [4.78, 5) is 31.1. The molecule has 1 saturated heterocycles. The first-order valence-electron chi connectivity index (χ1n) is 8.81. The molecule has 1 aliphatic rings. The van der Waals surface area contributed by atoms with E-state index in [4.69, 9.17) is 0 Å². The standard InChI is InChI=1S/C21H23N3O2S/c1-13-10-14(2)19(15(3)11-13)22-21-23-20(26)17(27-21)12-18(25)24(4)16-8-6-5-7-9-16/h5-11,17H,12H2,1-4H3,(H,22,23,26). The topological polar surface area (TPSA) is 61.8 Å². The number of rotatable bonds is 4. The van der Waals surface area contributed by atoms with Crippen LogP contribution in [0, 0.1) is 20.8 Å². The van der Waals surface area contributed by atoms with Crippen LogP contribution in [0.25, 0.3) is 0 Å². The molecule has 3 rings (SSSR count). The van der Waals surface area contributed by atoms with Crippen molar-refractivity contribution in [3.05, 3.63) is 59.2 Å². The van der Waals surface area contributed by atoms with Crippen molar-refractivity contribution in [2.75, 3.05) is 11.9 Å². The lowest BCUT2D eigenvalue weighted by Crippen LogP contribution is -2.32. The number of benzene rings is 2. The maximum atomic E-state index is 12.5. The number of hydrogen-bond donors (Lipinski definition) is 1. The second-order valence-electron chi connectivity index (χ2n) is 6.75. The van der Waals surface area contributed by atoms with Gasteiger partial charge in [0.2, 0.25) is 11.8 Å². The maximum absolute atomic E-state index is 12.5. The molecule has 2 amide bonds. The molecule has 1 N–H and O–H groups in total. The molecule has 140 valence electrons. The number of anilines is 1. The predicted octanol–water partition coefficient (Wildman–Crippen LogP) is 3.88. The Labute approximate surface area is 163 Å². The van der Waals surface area contributed by atoms with Crippen LogP contribution in [0.4, 0.5) is 11.4 Å². The molecule has 2 aromatic rings. The van der Waals surface area contributed by atoms with Crippen molar-refractivity contribution < 1.29 is 9.59 Å². The summed E-state index contributed by atoms with van der Waals surface area (Å²) in [6.07, 6.45) is 0.132. The van der Waals surface area contributed by atoms with Crippen LogP contribution in [0.3, 0.4) is 0 Å². The summed E-state index contributed by atoms with van der Waals surface area (Å²) in [5.74, 6) is -0.270. The van der Waals surface area contributed by atoms with Gasteiger partial charge in [-0.25, -0.2) is 4.99 Å². The zero-order valence-electron chi connectivity index (χ0n) is 15.9. The molecule has 0 bridgehead atoms. The van der Waals surface area contributed by atoms with Gasteiger partial charge in [-0.2, -0.15) is 0 Å². The molecule has 1 atom stereocenters. The number of carbonyl (C=O) groups is 2. The van der Waals surface area contributed by atoms with E-state index in [1.807, 2.05) is 51.1 Å². The van der Waals surface area contributed by atoms with Gasteiger partial charge in [0, 0.05) is 19.2 Å². The molecule has 1 heterocycles. The number of aryl methyl sites for hydroxylation is 3. The lowest BCUT2D eigenvalue weighted by molar-refractivity contribution is -0.123. The Morgan fingerprint density at radius 3 is 2.41 bits per heavy atom. The molecule has 0 spiro atoms. The number of hydrogen-bond acceptors (Lipinski definition) is 4. The Hall–Kier alpha value is -2.60. The van der Waals surface area contributed by atoms with Gasteiger partial charge in [-0.3, -0.25) is 9.59 Å². The molecule has 2 aromatic carbocycles. The molecule has 0 radical (unpaired) electrons. The second kappa shape index (κ2) is 7.96. The number of nitrogens with zero attached hydrogens (tertiary/aromatic N) is 2. The van der Waals surface area contributed by atoms with Gasteiger partial charge >= 0.3 is 0 Å². The van der Waals surface area contributed by atoms with E-state index in [2.05, 4.69) is 22.4 Å². The van der Waals surface area contributed by atoms with E-state index in [-0.39, 0.29) is 18.2 Å². The van der Waals surface area contributed by atoms with Crippen molar-refractivity contribution in [1.82, 2.24) is 5.32 Å². The normalized spacial score (nSPS) is 17.9. The van der Waals surface area contributed by atoms with E-state index in [1.54, 1.807) is 11.9 Å². The zero-order chi connectivity index (χ0) is 19.6. The van der Waals surface area contributed by atoms with Gasteiger partial charge in [-0.05, 0) is 44.0 Å². The fourth-order valence-electron chi connectivity index (χ4n) is 3.13. The SMILES string of the molecule is Cc1cc(C)c(N=C2NC(=O)C(CC(=O)N(C)c3ccccc3)S2)c(C)c1. The predicted molar refractivity (Wildman–Crippen MR) is 112 cm³/mol. The van der Waals surface area contributed by atoms with Crippen LogP contribution in [0.1, 0.15) is 23.1 Å². The smallest absolute Gasteiger partial charge is 0.240 e. The maximum Gasteiger partial charge on any atom is 0.240 e. The molecule has 0 aromatic heterocycles. The number of amidine groups is 1. The summed E-state index contributed by atoms with van der Waals surface area (Å²) in [6, 6.07) is 13.6. The number of nitrogens with one attached hydrogen (secondary N) is 1. The zero-order valence-corrected chi connectivity index (χ0v) is 16.8. The fourth-order valence-corrected chi connectivity index (χ4v) is 4.10. The third kappa shape index (κ3) is 4.39. The Morgan fingerprint density at radius 2 is 1.78 bits per heavy atom. The summed E-state index contributed by atoms with van der Waals surface area (Å²) >= 11 is 1.32. The van der Waals surface area contributed by atoms with Crippen molar-refractivity contribution in [2.45, 2.75) is 32.4 Å². The molecule has 1 fully saturated rings. The van der Waals surface area contributed by atoms with Gasteiger partial charge in [0.1, 0.15) is 5.25 Å². The number of amides is 2. The van der Waals surface area contributed by atoms with Crippen molar-refractivity contribution in [2.24, 2.45) is 4.99 Å². The van der Waals surface area contributed by atoms with Crippen LogP contribution < -0.4 is 10.2 Å².